The van der Waals surface area contributed by atoms with E-state index in [1.54, 1.807) is 0 Å². The third-order valence-electron chi connectivity index (χ3n) is 2.59. The van der Waals surface area contributed by atoms with Gasteiger partial charge in [-0.05, 0) is 18.0 Å². The van der Waals surface area contributed by atoms with Crippen molar-refractivity contribution < 1.29 is 0 Å². The monoisotopic (exact) mass is 251 g/mol. The van der Waals surface area contributed by atoms with Crippen LogP contribution in [0.25, 0.3) is 0 Å². The summed E-state index contributed by atoms with van der Waals surface area (Å²) in [5.41, 5.74) is 1.47. The lowest BCUT2D eigenvalue weighted by atomic mass is 10.2. The van der Waals surface area contributed by atoms with E-state index in [-0.39, 0.29) is 0 Å². The zero-order chi connectivity index (χ0) is 12.2. The molecule has 0 saturated carbocycles. The molecule has 0 aromatic heterocycles. The topological polar surface area (TPSA) is 12.0 Å². The molecule has 0 bridgehead atoms. The normalized spacial score (nSPS) is 12.8. The molecule has 0 saturated heterocycles. The van der Waals surface area contributed by atoms with Gasteiger partial charge in [0.05, 0.1) is 0 Å². The fourth-order valence-corrected chi connectivity index (χ4v) is 11.7. The molecule has 16 heavy (non-hydrogen) atoms. The largest absolute Gasteiger partial charge is 0.360 e. The molecular formula is C13H25NSi2. The molecule has 1 nitrogen and oxygen atoms in total. The molecule has 0 heterocycles. The first-order valence-corrected chi connectivity index (χ1v) is 12.8. The summed E-state index contributed by atoms with van der Waals surface area (Å²) in [5, 5.41) is 0. The Hall–Kier alpha value is -0.386. The van der Waals surface area contributed by atoms with E-state index in [1.165, 1.54) is 18.0 Å². The Morgan fingerprint density at radius 3 is 2.00 bits per heavy atom. The van der Waals surface area contributed by atoms with Crippen molar-refractivity contribution in [1.29, 1.82) is 0 Å². The highest BCUT2D eigenvalue weighted by atomic mass is 28.4. The highest BCUT2D eigenvalue weighted by Gasteiger charge is 2.26. The molecule has 0 aliphatic rings. The van der Waals surface area contributed by atoms with Gasteiger partial charge in [0.15, 0.2) is 0 Å². The van der Waals surface area contributed by atoms with Gasteiger partial charge in [0, 0.05) is 0 Å². The molecule has 1 rings (SSSR count). The third-order valence-corrected chi connectivity index (χ3v) is 9.80. The van der Waals surface area contributed by atoms with E-state index >= 15 is 0 Å². The highest BCUT2D eigenvalue weighted by molar-refractivity contribution is 6.90. The van der Waals surface area contributed by atoms with Gasteiger partial charge >= 0.3 is 0 Å². The third kappa shape index (κ3) is 5.63. The maximum Gasteiger partial charge on any atom is 0.113 e. The molecule has 0 aliphatic carbocycles. The van der Waals surface area contributed by atoms with Crippen molar-refractivity contribution >= 4 is 16.5 Å². The van der Waals surface area contributed by atoms with Gasteiger partial charge in [0.1, 0.15) is 16.5 Å². The molecule has 90 valence electrons. The summed E-state index contributed by atoms with van der Waals surface area (Å²) in [6.07, 6.45) is 1.22. The van der Waals surface area contributed by atoms with Crippen LogP contribution in [0.2, 0.25) is 38.8 Å². The standard InChI is InChI=1S/C13H25NSi2/c1-15(2,3)14-16(4,5)12-11-13-9-7-6-8-10-13/h6-10,14H,11-12H2,1-5H3. The van der Waals surface area contributed by atoms with Gasteiger partial charge in [-0.25, -0.2) is 0 Å². The van der Waals surface area contributed by atoms with Gasteiger partial charge in [-0.15, -0.1) is 0 Å². The summed E-state index contributed by atoms with van der Waals surface area (Å²) in [6.45, 7) is 12.1. The molecule has 0 fully saturated rings. The average molecular weight is 252 g/mol. The van der Waals surface area contributed by atoms with E-state index in [0.29, 0.717) is 0 Å². The fraction of sp³-hybridized carbons (Fsp3) is 0.538. The quantitative estimate of drug-likeness (QED) is 0.784. The van der Waals surface area contributed by atoms with E-state index in [0.717, 1.165) is 0 Å². The van der Waals surface area contributed by atoms with E-state index < -0.39 is 16.5 Å². The van der Waals surface area contributed by atoms with Crippen LogP contribution in [0, 0.1) is 0 Å². The van der Waals surface area contributed by atoms with Crippen LogP contribution in [0.3, 0.4) is 0 Å². The van der Waals surface area contributed by atoms with Crippen LogP contribution in [0.4, 0.5) is 0 Å². The van der Waals surface area contributed by atoms with Crippen molar-refractivity contribution in [2.45, 2.75) is 45.2 Å². The smallest absolute Gasteiger partial charge is 0.113 e. The zero-order valence-electron chi connectivity index (χ0n) is 11.3. The molecule has 3 heteroatoms. The summed E-state index contributed by atoms with van der Waals surface area (Å²) in [6, 6.07) is 12.2. The Balaban J connectivity index is 2.48. The first-order valence-electron chi connectivity index (χ1n) is 6.12. The number of hydrogen-bond acceptors (Lipinski definition) is 1. The number of rotatable bonds is 5. The second-order valence-corrected chi connectivity index (χ2v) is 16.0. The lowest BCUT2D eigenvalue weighted by molar-refractivity contribution is 1.06. The molecule has 0 unspecified atom stereocenters. The Bertz CT molecular complexity index is 314. The Morgan fingerprint density at radius 1 is 0.938 bits per heavy atom. The molecule has 0 amide bonds. The molecule has 0 atom stereocenters. The minimum absolute atomic E-state index is 1.12. The second-order valence-electron chi connectivity index (χ2n) is 6.24. The molecular weight excluding hydrogens is 226 g/mol. The first-order chi connectivity index (χ1) is 7.29. The van der Waals surface area contributed by atoms with Gasteiger partial charge in [0.25, 0.3) is 0 Å². The number of hydrogen-bond donors (Lipinski definition) is 1. The van der Waals surface area contributed by atoms with Gasteiger partial charge in [0.2, 0.25) is 0 Å². The number of nitrogens with one attached hydrogen (secondary N) is 1. The van der Waals surface area contributed by atoms with Crippen LogP contribution in [0.1, 0.15) is 5.56 Å². The molecule has 1 aromatic carbocycles. The van der Waals surface area contributed by atoms with E-state index in [2.05, 4.69) is 67.7 Å². The van der Waals surface area contributed by atoms with Crippen molar-refractivity contribution in [3.05, 3.63) is 35.9 Å². The lowest BCUT2D eigenvalue weighted by Gasteiger charge is -2.32. The van der Waals surface area contributed by atoms with E-state index in [4.69, 9.17) is 0 Å². The molecule has 1 aromatic rings. The predicted molar refractivity (Wildman–Crippen MR) is 78.9 cm³/mol. The van der Waals surface area contributed by atoms with Gasteiger partial charge < -0.3 is 4.65 Å². The van der Waals surface area contributed by atoms with Crippen molar-refractivity contribution in [2.75, 3.05) is 0 Å². The van der Waals surface area contributed by atoms with Gasteiger partial charge in [-0.1, -0.05) is 63.1 Å². The Kier molecular flexibility index (Phi) is 4.53. The summed E-state index contributed by atoms with van der Waals surface area (Å²) in [4.78, 5) is 0. The van der Waals surface area contributed by atoms with Gasteiger partial charge in [-0.3, -0.25) is 0 Å². The second kappa shape index (κ2) is 5.30. The van der Waals surface area contributed by atoms with Crippen LogP contribution in [0.15, 0.2) is 30.3 Å². The van der Waals surface area contributed by atoms with Crippen LogP contribution in [-0.2, 0) is 6.42 Å². The van der Waals surface area contributed by atoms with Crippen LogP contribution in [-0.4, -0.2) is 16.5 Å². The molecule has 0 radical (unpaired) electrons. The zero-order valence-corrected chi connectivity index (χ0v) is 13.3. The van der Waals surface area contributed by atoms with Crippen molar-refractivity contribution in [3.63, 3.8) is 0 Å². The minimum Gasteiger partial charge on any atom is -0.360 e. The maximum atomic E-state index is 3.94. The summed E-state index contributed by atoms with van der Waals surface area (Å²) < 4.78 is 3.94. The molecule has 0 spiro atoms. The maximum absolute atomic E-state index is 3.94. The minimum atomic E-state index is -1.21. The van der Waals surface area contributed by atoms with Crippen molar-refractivity contribution in [3.8, 4) is 0 Å². The average Bonchev–Trinajstić information content (AvgIpc) is 2.13. The van der Waals surface area contributed by atoms with Crippen LogP contribution < -0.4 is 4.65 Å². The summed E-state index contributed by atoms with van der Waals surface area (Å²) in [5.74, 6) is 0. The van der Waals surface area contributed by atoms with Crippen molar-refractivity contribution in [2.24, 2.45) is 0 Å². The number of aryl methyl sites for hydroxylation is 1. The predicted octanol–water partition coefficient (Wildman–Crippen LogP) is 3.86. The van der Waals surface area contributed by atoms with Crippen LogP contribution >= 0.6 is 0 Å². The van der Waals surface area contributed by atoms with Crippen molar-refractivity contribution in [1.82, 2.24) is 4.65 Å². The highest BCUT2D eigenvalue weighted by Crippen LogP contribution is 2.14. The van der Waals surface area contributed by atoms with E-state index in [9.17, 15) is 0 Å². The Labute approximate surface area is 102 Å². The van der Waals surface area contributed by atoms with Crippen LogP contribution in [0.5, 0.6) is 0 Å². The lowest BCUT2D eigenvalue weighted by Crippen LogP contribution is -2.57. The van der Waals surface area contributed by atoms with Gasteiger partial charge in [-0.2, -0.15) is 0 Å². The summed E-state index contributed by atoms with van der Waals surface area (Å²) >= 11 is 0. The molecule has 1 N–H and O–H groups in total. The fourth-order valence-electron chi connectivity index (χ4n) is 2.18. The SMILES string of the molecule is C[Si](C)(C)N[Si](C)(C)CCc1ccccc1. The first kappa shape index (κ1) is 13.7. The number of benzene rings is 1. The molecule has 0 aliphatic heterocycles. The summed E-state index contributed by atoms with van der Waals surface area (Å²) in [7, 11) is -2.33. The Morgan fingerprint density at radius 2 is 1.50 bits per heavy atom. The van der Waals surface area contributed by atoms with E-state index in [1.807, 2.05) is 0 Å².